The van der Waals surface area contributed by atoms with Crippen LogP contribution >= 0.6 is 0 Å². The number of ether oxygens (including phenoxy) is 1. The first kappa shape index (κ1) is 23.8. The van der Waals surface area contributed by atoms with Crippen LogP contribution in [0.25, 0.3) is 16.8 Å². The third-order valence-corrected chi connectivity index (χ3v) is 6.01. The average molecular weight is 492 g/mol. The molecule has 2 heterocycles. The zero-order valence-corrected chi connectivity index (χ0v) is 20.0. The van der Waals surface area contributed by atoms with Gasteiger partial charge in [0.1, 0.15) is 29.7 Å². The molecule has 0 bridgehead atoms. The molecule has 0 saturated heterocycles. The Labute approximate surface area is 214 Å². The number of aliphatic carboxylic acids is 1. The zero-order valence-electron chi connectivity index (χ0n) is 20.0. The number of hydrogen-bond donors (Lipinski definition) is 2. The lowest BCUT2D eigenvalue weighted by Crippen LogP contribution is -2.42. The van der Waals surface area contributed by atoms with Crippen LogP contribution < -0.4 is 10.1 Å². The molecule has 1 atom stereocenters. The Hall–Kier alpha value is -4.91. The van der Waals surface area contributed by atoms with Crippen molar-refractivity contribution in [1.82, 2.24) is 14.7 Å². The second-order valence-corrected chi connectivity index (χ2v) is 8.66. The monoisotopic (exact) mass is 491 g/mol. The lowest BCUT2D eigenvalue weighted by atomic mass is 10.1. The first-order valence-corrected chi connectivity index (χ1v) is 11.9. The smallest absolute Gasteiger partial charge is 0.326 e. The van der Waals surface area contributed by atoms with E-state index in [1.165, 1.54) is 0 Å². The Morgan fingerprint density at radius 3 is 2.27 bits per heavy atom. The molecule has 7 heteroatoms. The summed E-state index contributed by atoms with van der Waals surface area (Å²) in [7, 11) is 0. The molecule has 0 aliphatic heterocycles. The van der Waals surface area contributed by atoms with E-state index in [2.05, 4.69) is 10.3 Å². The number of nitrogens with zero attached hydrogens (tertiary/aromatic N) is 2. The molecule has 37 heavy (non-hydrogen) atoms. The molecule has 0 spiro atoms. The van der Waals surface area contributed by atoms with Crippen molar-refractivity contribution < 1.29 is 19.4 Å². The minimum Gasteiger partial charge on any atom is -0.489 e. The zero-order chi connectivity index (χ0) is 25.6. The lowest BCUT2D eigenvalue weighted by Gasteiger charge is -2.14. The molecule has 0 radical (unpaired) electrons. The fourth-order valence-electron chi connectivity index (χ4n) is 4.03. The number of amides is 1. The summed E-state index contributed by atoms with van der Waals surface area (Å²) in [5, 5.41) is 12.3. The van der Waals surface area contributed by atoms with Crippen LogP contribution in [0.3, 0.4) is 0 Å². The summed E-state index contributed by atoms with van der Waals surface area (Å²) in [6, 6.07) is 29.6. The molecule has 3 aromatic carbocycles. The third-order valence-electron chi connectivity index (χ3n) is 6.01. The number of carboxylic acid groups (broad SMARTS) is 1. The third kappa shape index (κ3) is 5.85. The Bertz CT molecular complexity index is 1510. The van der Waals surface area contributed by atoms with Crippen molar-refractivity contribution in [3.05, 3.63) is 126 Å². The van der Waals surface area contributed by atoms with Gasteiger partial charge in [0.25, 0.3) is 5.91 Å². The molecule has 2 aromatic heterocycles. The van der Waals surface area contributed by atoms with Gasteiger partial charge in [-0.3, -0.25) is 4.79 Å². The van der Waals surface area contributed by atoms with Gasteiger partial charge in [-0.2, -0.15) is 0 Å². The molecule has 7 nitrogen and oxygen atoms in total. The highest BCUT2D eigenvalue weighted by atomic mass is 16.5. The van der Waals surface area contributed by atoms with Crippen LogP contribution in [0.15, 0.2) is 109 Å². The lowest BCUT2D eigenvalue weighted by molar-refractivity contribution is -0.139. The number of rotatable bonds is 9. The van der Waals surface area contributed by atoms with Gasteiger partial charge < -0.3 is 19.6 Å². The molecule has 184 valence electrons. The highest BCUT2D eigenvalue weighted by Crippen LogP contribution is 2.21. The number of hydrogen-bond acceptors (Lipinski definition) is 4. The summed E-state index contributed by atoms with van der Waals surface area (Å²) in [5.41, 5.74) is 4.60. The predicted octanol–water partition coefficient (Wildman–Crippen LogP) is 5.01. The van der Waals surface area contributed by atoms with E-state index in [0.29, 0.717) is 18.0 Å². The molecule has 0 saturated carbocycles. The van der Waals surface area contributed by atoms with Crippen LogP contribution in [0.4, 0.5) is 0 Å². The maximum absolute atomic E-state index is 12.9. The van der Waals surface area contributed by atoms with E-state index < -0.39 is 17.9 Å². The Balaban J connectivity index is 1.24. The van der Waals surface area contributed by atoms with Crippen LogP contribution in [0.2, 0.25) is 0 Å². The van der Waals surface area contributed by atoms with Gasteiger partial charge in [0, 0.05) is 18.8 Å². The number of carbonyl (C=O) groups excluding carboxylic acids is 1. The normalized spacial score (nSPS) is 11.7. The molecule has 5 aromatic rings. The minimum absolute atomic E-state index is 0.131. The minimum atomic E-state index is -1.12. The number of carbonyl (C=O) groups is 2. The van der Waals surface area contributed by atoms with Crippen molar-refractivity contribution in [3.63, 3.8) is 0 Å². The van der Waals surface area contributed by atoms with Crippen molar-refractivity contribution in [1.29, 1.82) is 0 Å². The van der Waals surface area contributed by atoms with Gasteiger partial charge in [-0.1, -0.05) is 72.8 Å². The number of nitrogens with one attached hydrogen (secondary N) is 1. The predicted molar refractivity (Wildman–Crippen MR) is 140 cm³/mol. The van der Waals surface area contributed by atoms with Crippen molar-refractivity contribution >= 4 is 17.5 Å². The quantitative estimate of drug-likeness (QED) is 0.303. The number of aromatic nitrogens is 2. The van der Waals surface area contributed by atoms with Crippen molar-refractivity contribution in [2.45, 2.75) is 19.1 Å². The van der Waals surface area contributed by atoms with E-state index in [9.17, 15) is 14.7 Å². The first-order valence-electron chi connectivity index (χ1n) is 11.9. The molecule has 0 aliphatic carbocycles. The molecule has 0 aliphatic rings. The Morgan fingerprint density at radius 2 is 1.57 bits per heavy atom. The summed E-state index contributed by atoms with van der Waals surface area (Å²) in [5.74, 6) is -0.976. The number of imidazole rings is 1. The number of fused-ring (bicyclic) bond motifs is 1. The Morgan fingerprint density at radius 1 is 0.865 bits per heavy atom. The fraction of sp³-hybridized carbons (Fsp3) is 0.100. The molecule has 5 rings (SSSR count). The van der Waals surface area contributed by atoms with Gasteiger partial charge in [0.2, 0.25) is 0 Å². The molecule has 1 amide bonds. The van der Waals surface area contributed by atoms with E-state index >= 15 is 0 Å². The van der Waals surface area contributed by atoms with Crippen LogP contribution in [0.5, 0.6) is 5.75 Å². The van der Waals surface area contributed by atoms with Gasteiger partial charge >= 0.3 is 5.97 Å². The van der Waals surface area contributed by atoms with Gasteiger partial charge in [0.15, 0.2) is 0 Å². The summed E-state index contributed by atoms with van der Waals surface area (Å²) >= 11 is 0. The van der Waals surface area contributed by atoms with Crippen molar-refractivity contribution in [2.75, 3.05) is 0 Å². The highest BCUT2D eigenvalue weighted by molar-refractivity contribution is 5.95. The first-order chi connectivity index (χ1) is 18.0. The van der Waals surface area contributed by atoms with Crippen molar-refractivity contribution in [2.24, 2.45) is 0 Å². The fourth-order valence-corrected chi connectivity index (χ4v) is 4.03. The van der Waals surface area contributed by atoms with Gasteiger partial charge in [-0.25, -0.2) is 9.78 Å². The largest absolute Gasteiger partial charge is 0.489 e. The maximum Gasteiger partial charge on any atom is 0.326 e. The van der Waals surface area contributed by atoms with Crippen molar-refractivity contribution in [3.8, 4) is 16.9 Å². The van der Waals surface area contributed by atoms with Gasteiger partial charge in [0.05, 0.1) is 0 Å². The molecule has 2 N–H and O–H groups in total. The second-order valence-electron chi connectivity index (χ2n) is 8.66. The summed E-state index contributed by atoms with van der Waals surface area (Å²) in [4.78, 5) is 29.2. The highest BCUT2D eigenvalue weighted by Gasteiger charge is 2.22. The summed E-state index contributed by atoms with van der Waals surface area (Å²) in [6.45, 7) is 0.444. The second kappa shape index (κ2) is 10.8. The molecular formula is C30H25N3O4. The van der Waals surface area contributed by atoms with E-state index in [4.69, 9.17) is 4.74 Å². The Kier molecular flexibility index (Phi) is 6.94. The SMILES string of the molecule is O=C(NC(Cc1ccc(OCc2ccccc2)cc1)C(=O)O)c1cn2ccc(-c3ccccc3)cc2n1. The van der Waals surface area contributed by atoms with Crippen LogP contribution in [-0.4, -0.2) is 32.4 Å². The summed E-state index contributed by atoms with van der Waals surface area (Å²) in [6.07, 6.45) is 3.56. The summed E-state index contributed by atoms with van der Waals surface area (Å²) < 4.78 is 7.53. The number of pyridine rings is 1. The van der Waals surface area contributed by atoms with Crippen LogP contribution in [0, 0.1) is 0 Å². The van der Waals surface area contributed by atoms with Gasteiger partial charge in [-0.15, -0.1) is 0 Å². The van der Waals surface area contributed by atoms with E-state index in [1.54, 1.807) is 34.9 Å². The van der Waals surface area contributed by atoms with Crippen LogP contribution in [-0.2, 0) is 17.8 Å². The van der Waals surface area contributed by atoms with Crippen LogP contribution in [0.1, 0.15) is 21.6 Å². The van der Waals surface area contributed by atoms with E-state index in [-0.39, 0.29) is 12.1 Å². The van der Waals surface area contributed by atoms with E-state index in [1.807, 2.05) is 79.0 Å². The van der Waals surface area contributed by atoms with E-state index in [0.717, 1.165) is 22.3 Å². The molecule has 0 fully saturated rings. The average Bonchev–Trinajstić information content (AvgIpc) is 3.37. The maximum atomic E-state index is 12.9. The topological polar surface area (TPSA) is 92.9 Å². The molecular weight excluding hydrogens is 466 g/mol. The standard InChI is InChI=1S/C30H25N3O4/c34-29(27-19-33-16-15-24(18-28(33)31-27)23-9-5-2-6-10-23)32-26(30(35)36)17-21-11-13-25(14-12-21)37-20-22-7-3-1-4-8-22/h1-16,18-19,26H,17,20H2,(H,32,34)(H,35,36). The molecule has 1 unspecified atom stereocenters. The number of carboxylic acids is 1. The number of benzene rings is 3. The van der Waals surface area contributed by atoms with Gasteiger partial charge in [-0.05, 0) is 46.5 Å².